The number of carbonyl (C=O) groups is 1. The molecule has 22 heavy (non-hydrogen) atoms. The van der Waals surface area contributed by atoms with Gasteiger partial charge in [-0.1, -0.05) is 30.3 Å². The molecule has 7 nitrogen and oxygen atoms in total. The average Bonchev–Trinajstić information content (AvgIpc) is 2.50. The number of pyridine rings is 1. The van der Waals surface area contributed by atoms with E-state index < -0.39 is 10.5 Å². The number of rotatable bonds is 5. The Morgan fingerprint density at radius 1 is 1.32 bits per heavy atom. The number of nitro groups is 1. The predicted octanol–water partition coefficient (Wildman–Crippen LogP) is 1.38. The van der Waals surface area contributed by atoms with Crippen LogP contribution in [0.2, 0.25) is 0 Å². The third-order valence-corrected chi connectivity index (χ3v) is 3.11. The predicted molar refractivity (Wildman–Crippen MR) is 80.4 cm³/mol. The average molecular weight is 301 g/mol. The fourth-order valence-electron chi connectivity index (χ4n) is 1.99. The minimum atomic E-state index is -0.592. The lowest BCUT2D eigenvalue weighted by Crippen LogP contribution is -2.32. The third-order valence-electron chi connectivity index (χ3n) is 3.11. The smallest absolute Gasteiger partial charge is 0.286 e. The van der Waals surface area contributed by atoms with Crippen molar-refractivity contribution < 1.29 is 9.72 Å². The molecule has 1 amide bonds. The molecule has 1 N–H and O–H groups in total. The summed E-state index contributed by atoms with van der Waals surface area (Å²) in [6.45, 7) is 1.56. The van der Waals surface area contributed by atoms with Crippen molar-refractivity contribution in [3.8, 4) is 0 Å². The molecule has 0 bridgehead atoms. The second-order valence-electron chi connectivity index (χ2n) is 4.83. The Hall–Kier alpha value is -2.96. The van der Waals surface area contributed by atoms with Crippen LogP contribution in [0.1, 0.15) is 11.1 Å². The zero-order valence-electron chi connectivity index (χ0n) is 12.0. The summed E-state index contributed by atoms with van der Waals surface area (Å²) >= 11 is 0. The van der Waals surface area contributed by atoms with Gasteiger partial charge in [0.05, 0.1) is 11.1 Å². The highest BCUT2D eigenvalue weighted by atomic mass is 16.6. The molecule has 0 saturated heterocycles. The van der Waals surface area contributed by atoms with Gasteiger partial charge in [0.25, 0.3) is 11.2 Å². The van der Waals surface area contributed by atoms with E-state index in [0.717, 1.165) is 16.3 Å². The van der Waals surface area contributed by atoms with Gasteiger partial charge in [-0.2, -0.15) is 0 Å². The second-order valence-corrected chi connectivity index (χ2v) is 4.83. The number of benzene rings is 1. The van der Waals surface area contributed by atoms with Gasteiger partial charge in [-0.25, -0.2) is 0 Å². The van der Waals surface area contributed by atoms with Crippen LogP contribution in [0.25, 0.3) is 0 Å². The van der Waals surface area contributed by atoms with E-state index in [2.05, 4.69) is 5.32 Å². The van der Waals surface area contributed by atoms with Crippen LogP contribution in [0.15, 0.2) is 47.4 Å². The molecule has 0 saturated carbocycles. The SMILES string of the molecule is Cc1cc([N+](=O)[O-])cn(CC(=O)NCc2ccccc2)c1=O. The minimum Gasteiger partial charge on any atom is -0.350 e. The summed E-state index contributed by atoms with van der Waals surface area (Å²) in [4.78, 5) is 34.0. The van der Waals surface area contributed by atoms with Crippen molar-refractivity contribution in [3.05, 3.63) is 74.2 Å². The van der Waals surface area contributed by atoms with Crippen molar-refractivity contribution in [2.45, 2.75) is 20.0 Å². The normalized spacial score (nSPS) is 10.2. The first kappa shape index (κ1) is 15.4. The Morgan fingerprint density at radius 3 is 2.64 bits per heavy atom. The lowest BCUT2D eigenvalue weighted by Gasteiger charge is -2.08. The molecule has 0 aliphatic heterocycles. The Morgan fingerprint density at radius 2 is 2.00 bits per heavy atom. The molecule has 0 radical (unpaired) electrons. The van der Waals surface area contributed by atoms with E-state index in [1.807, 2.05) is 30.3 Å². The summed E-state index contributed by atoms with van der Waals surface area (Å²) in [5.41, 5.74) is 0.525. The fraction of sp³-hybridized carbons (Fsp3) is 0.200. The summed E-state index contributed by atoms with van der Waals surface area (Å²) in [7, 11) is 0. The van der Waals surface area contributed by atoms with E-state index in [9.17, 15) is 19.7 Å². The molecule has 2 rings (SSSR count). The van der Waals surface area contributed by atoms with Crippen molar-refractivity contribution in [2.75, 3.05) is 0 Å². The van der Waals surface area contributed by atoms with E-state index in [0.29, 0.717) is 6.54 Å². The van der Waals surface area contributed by atoms with E-state index in [1.54, 1.807) is 0 Å². The van der Waals surface area contributed by atoms with E-state index in [4.69, 9.17) is 0 Å². The van der Waals surface area contributed by atoms with E-state index in [1.165, 1.54) is 13.0 Å². The number of amides is 1. The summed E-state index contributed by atoms with van der Waals surface area (Å²) in [6.07, 6.45) is 1.08. The molecule has 0 aliphatic rings. The van der Waals surface area contributed by atoms with Crippen molar-refractivity contribution >= 4 is 11.6 Å². The van der Waals surface area contributed by atoms with Gasteiger partial charge in [-0.15, -0.1) is 0 Å². The van der Waals surface area contributed by atoms with Crippen LogP contribution in [-0.4, -0.2) is 15.4 Å². The van der Waals surface area contributed by atoms with Gasteiger partial charge in [0.2, 0.25) is 5.91 Å². The molecule has 1 heterocycles. The monoisotopic (exact) mass is 301 g/mol. The molecule has 0 atom stereocenters. The van der Waals surface area contributed by atoms with Crippen molar-refractivity contribution in [3.63, 3.8) is 0 Å². The van der Waals surface area contributed by atoms with Gasteiger partial charge in [0, 0.05) is 18.2 Å². The fourth-order valence-corrected chi connectivity index (χ4v) is 1.99. The summed E-state index contributed by atoms with van der Waals surface area (Å²) < 4.78 is 1.05. The van der Waals surface area contributed by atoms with Gasteiger partial charge in [0.15, 0.2) is 0 Å². The molecular formula is C15H15N3O4. The highest BCUT2D eigenvalue weighted by Gasteiger charge is 2.13. The van der Waals surface area contributed by atoms with Crippen LogP contribution in [0, 0.1) is 17.0 Å². The second kappa shape index (κ2) is 6.66. The molecule has 2 aromatic rings. The van der Waals surface area contributed by atoms with Crippen molar-refractivity contribution in [1.82, 2.24) is 9.88 Å². The van der Waals surface area contributed by atoms with Crippen LogP contribution in [-0.2, 0) is 17.9 Å². The highest BCUT2D eigenvalue weighted by Crippen LogP contribution is 2.09. The van der Waals surface area contributed by atoms with Crippen LogP contribution in [0.3, 0.4) is 0 Å². The van der Waals surface area contributed by atoms with Gasteiger partial charge in [0.1, 0.15) is 6.54 Å². The van der Waals surface area contributed by atoms with Crippen molar-refractivity contribution in [1.29, 1.82) is 0 Å². The topological polar surface area (TPSA) is 94.2 Å². The quantitative estimate of drug-likeness (QED) is 0.667. The Balaban J connectivity index is 2.08. The molecule has 1 aromatic carbocycles. The molecule has 7 heteroatoms. The molecule has 0 unspecified atom stereocenters. The zero-order valence-corrected chi connectivity index (χ0v) is 12.0. The van der Waals surface area contributed by atoms with Crippen LogP contribution in [0.5, 0.6) is 0 Å². The number of carbonyl (C=O) groups excluding carboxylic acids is 1. The maximum atomic E-state index is 11.9. The van der Waals surface area contributed by atoms with Gasteiger partial charge in [-0.05, 0) is 12.5 Å². The number of nitrogens with one attached hydrogen (secondary N) is 1. The van der Waals surface area contributed by atoms with Crippen LogP contribution >= 0.6 is 0 Å². The molecule has 0 spiro atoms. The number of aryl methyl sites for hydroxylation is 1. The maximum absolute atomic E-state index is 11.9. The van der Waals surface area contributed by atoms with Crippen LogP contribution < -0.4 is 10.9 Å². The van der Waals surface area contributed by atoms with E-state index in [-0.39, 0.29) is 23.7 Å². The lowest BCUT2D eigenvalue weighted by atomic mass is 10.2. The number of nitrogens with zero attached hydrogens (tertiary/aromatic N) is 2. The molecule has 0 fully saturated rings. The summed E-state index contributed by atoms with van der Waals surface area (Å²) in [5, 5.41) is 13.5. The third kappa shape index (κ3) is 3.78. The van der Waals surface area contributed by atoms with Gasteiger partial charge < -0.3 is 5.32 Å². The first-order chi connectivity index (χ1) is 10.5. The molecule has 0 aliphatic carbocycles. The highest BCUT2D eigenvalue weighted by molar-refractivity contribution is 5.75. The maximum Gasteiger partial charge on any atom is 0.286 e. The van der Waals surface area contributed by atoms with Crippen LogP contribution in [0.4, 0.5) is 5.69 Å². The Kier molecular flexibility index (Phi) is 4.67. The Bertz CT molecular complexity index is 753. The largest absolute Gasteiger partial charge is 0.350 e. The number of aromatic nitrogens is 1. The van der Waals surface area contributed by atoms with Gasteiger partial charge in [-0.3, -0.25) is 24.3 Å². The first-order valence-corrected chi connectivity index (χ1v) is 6.63. The Labute approximate surface area is 126 Å². The zero-order chi connectivity index (χ0) is 16.1. The van der Waals surface area contributed by atoms with Gasteiger partial charge >= 0.3 is 0 Å². The molecule has 1 aromatic heterocycles. The van der Waals surface area contributed by atoms with Crippen molar-refractivity contribution in [2.24, 2.45) is 0 Å². The summed E-state index contributed by atoms with van der Waals surface area (Å²) in [6, 6.07) is 10.5. The molecular weight excluding hydrogens is 286 g/mol. The molecule has 114 valence electrons. The first-order valence-electron chi connectivity index (χ1n) is 6.63. The van der Waals surface area contributed by atoms with E-state index >= 15 is 0 Å². The standard InChI is InChI=1S/C15H15N3O4/c1-11-7-13(18(21)22)9-17(15(11)20)10-14(19)16-8-12-5-3-2-4-6-12/h2-7,9H,8,10H2,1H3,(H,16,19). The minimum absolute atomic E-state index is 0.215. The number of hydrogen-bond donors (Lipinski definition) is 1. The lowest BCUT2D eigenvalue weighted by molar-refractivity contribution is -0.385. The summed E-state index contributed by atoms with van der Waals surface area (Å²) in [5.74, 6) is -0.383. The number of hydrogen-bond acceptors (Lipinski definition) is 4.